The number of amides is 1. The maximum Gasteiger partial charge on any atom is 0.243 e. The molecule has 1 N–H and O–H groups in total. The average Bonchev–Trinajstić information content (AvgIpc) is 2.94. The smallest absolute Gasteiger partial charge is 0.243 e. The Balaban J connectivity index is 1.84. The van der Waals surface area contributed by atoms with Crippen LogP contribution in [-0.4, -0.2) is 60.2 Å². The van der Waals surface area contributed by atoms with Crippen LogP contribution >= 0.6 is 0 Å². The lowest BCUT2D eigenvalue weighted by Gasteiger charge is -2.24. The normalized spacial score (nSPS) is 12.1. The van der Waals surface area contributed by atoms with Gasteiger partial charge in [-0.05, 0) is 48.7 Å². The first-order valence-electron chi connectivity index (χ1n) is 12.0. The molecule has 0 aliphatic carbocycles. The number of hydrogen-bond acceptors (Lipinski definition) is 7. The first-order chi connectivity index (χ1) is 18.2. The Morgan fingerprint density at radius 2 is 1.39 bits per heavy atom. The Hall–Kier alpha value is -3.76. The number of ether oxygens (including phenoxy) is 4. The van der Waals surface area contributed by atoms with Crippen LogP contribution in [0.25, 0.3) is 0 Å². The van der Waals surface area contributed by atoms with Gasteiger partial charge in [-0.3, -0.25) is 4.79 Å². The van der Waals surface area contributed by atoms with Gasteiger partial charge in [-0.1, -0.05) is 36.4 Å². The summed E-state index contributed by atoms with van der Waals surface area (Å²) in [5.41, 5.74) is 1.74. The molecule has 0 bridgehead atoms. The fourth-order valence-corrected chi connectivity index (χ4v) is 5.37. The van der Waals surface area contributed by atoms with Gasteiger partial charge in [-0.25, -0.2) is 8.42 Å². The van der Waals surface area contributed by atoms with Gasteiger partial charge in [-0.15, -0.1) is 0 Å². The van der Waals surface area contributed by atoms with Crippen molar-refractivity contribution in [3.05, 3.63) is 77.9 Å². The van der Waals surface area contributed by atoms with Crippen LogP contribution in [0.3, 0.4) is 0 Å². The Morgan fingerprint density at radius 3 is 2.00 bits per heavy atom. The number of carbonyl (C=O) groups excluding carboxylic acids is 1. The summed E-state index contributed by atoms with van der Waals surface area (Å²) in [6.45, 7) is 1.57. The van der Waals surface area contributed by atoms with Crippen LogP contribution in [0.5, 0.6) is 23.0 Å². The van der Waals surface area contributed by atoms with Gasteiger partial charge in [-0.2, -0.15) is 4.31 Å². The number of nitrogens with zero attached hydrogens (tertiary/aromatic N) is 1. The van der Waals surface area contributed by atoms with Crippen molar-refractivity contribution in [3.8, 4) is 23.0 Å². The number of hydrogen-bond donors (Lipinski definition) is 1. The Kier molecular flexibility index (Phi) is 9.98. The zero-order chi connectivity index (χ0) is 27.7. The minimum absolute atomic E-state index is 0.00366. The number of nitrogens with one attached hydrogen (secondary N) is 1. The van der Waals surface area contributed by atoms with E-state index < -0.39 is 22.0 Å². The Labute approximate surface area is 224 Å². The molecule has 1 atom stereocenters. The highest BCUT2D eigenvalue weighted by Gasteiger charge is 2.28. The summed E-state index contributed by atoms with van der Waals surface area (Å²) < 4.78 is 49.7. The first kappa shape index (κ1) is 28.8. The molecule has 0 saturated carbocycles. The molecule has 0 aromatic heterocycles. The van der Waals surface area contributed by atoms with E-state index in [1.807, 2.05) is 43.3 Å². The zero-order valence-electron chi connectivity index (χ0n) is 22.3. The van der Waals surface area contributed by atoms with Gasteiger partial charge >= 0.3 is 0 Å². The lowest BCUT2D eigenvalue weighted by molar-refractivity contribution is -0.121. The molecular weight excluding hydrogens is 508 g/mol. The first-order valence-corrected chi connectivity index (χ1v) is 13.4. The van der Waals surface area contributed by atoms with Gasteiger partial charge in [0.15, 0.2) is 23.0 Å². The van der Waals surface area contributed by atoms with Gasteiger partial charge < -0.3 is 24.3 Å². The number of methoxy groups -OCH3 is 4. The Bertz CT molecular complexity index is 1330. The molecular formula is C28H34N2O7S. The number of benzene rings is 3. The minimum Gasteiger partial charge on any atom is -0.493 e. The van der Waals surface area contributed by atoms with Crippen molar-refractivity contribution in [2.45, 2.75) is 24.3 Å². The fourth-order valence-electron chi connectivity index (χ4n) is 3.96. The summed E-state index contributed by atoms with van der Waals surface area (Å²) in [4.78, 5) is 13.1. The standard InChI is InChI=1S/C28H34N2O7S/c1-20(22-11-13-24(34-2)26(17-22)36-4)29-28(31)19-30(16-15-21-9-7-6-8-10-21)38(32,33)23-12-14-25(35-3)27(18-23)37-5/h6-14,17-18,20H,15-16,19H2,1-5H3,(H,29,31). The van der Waals surface area contributed by atoms with E-state index in [0.29, 0.717) is 23.7 Å². The van der Waals surface area contributed by atoms with Crippen molar-refractivity contribution < 1.29 is 32.2 Å². The van der Waals surface area contributed by atoms with E-state index in [9.17, 15) is 13.2 Å². The van der Waals surface area contributed by atoms with Crippen LogP contribution in [0.2, 0.25) is 0 Å². The van der Waals surface area contributed by atoms with Crippen LogP contribution in [0.4, 0.5) is 0 Å². The number of carbonyl (C=O) groups is 1. The van der Waals surface area contributed by atoms with Crippen molar-refractivity contribution in [1.82, 2.24) is 9.62 Å². The lowest BCUT2D eigenvalue weighted by Crippen LogP contribution is -2.42. The highest BCUT2D eigenvalue weighted by molar-refractivity contribution is 7.89. The third-order valence-electron chi connectivity index (χ3n) is 6.09. The van der Waals surface area contributed by atoms with Crippen molar-refractivity contribution in [2.24, 2.45) is 0 Å². The van der Waals surface area contributed by atoms with Crippen LogP contribution in [0, 0.1) is 0 Å². The van der Waals surface area contributed by atoms with Gasteiger partial charge in [0.05, 0.1) is 45.9 Å². The molecule has 0 radical (unpaired) electrons. The molecule has 0 aliphatic rings. The third kappa shape index (κ3) is 6.96. The summed E-state index contributed by atoms with van der Waals surface area (Å²) >= 11 is 0. The second-order valence-electron chi connectivity index (χ2n) is 8.49. The molecule has 3 rings (SSSR count). The second-order valence-corrected chi connectivity index (χ2v) is 10.4. The summed E-state index contributed by atoms with van der Waals surface area (Å²) in [6.07, 6.45) is 0.436. The van der Waals surface area contributed by atoms with Crippen LogP contribution < -0.4 is 24.3 Å². The SMILES string of the molecule is COc1ccc(C(C)NC(=O)CN(CCc2ccccc2)S(=O)(=O)c2ccc(OC)c(OC)c2)cc1OC. The summed E-state index contributed by atoms with van der Waals surface area (Å²) in [5, 5.41) is 2.89. The largest absolute Gasteiger partial charge is 0.493 e. The summed E-state index contributed by atoms with van der Waals surface area (Å²) in [6, 6.07) is 18.8. The van der Waals surface area contributed by atoms with Crippen molar-refractivity contribution >= 4 is 15.9 Å². The maximum absolute atomic E-state index is 13.7. The highest BCUT2D eigenvalue weighted by Crippen LogP contribution is 2.31. The maximum atomic E-state index is 13.7. The van der Waals surface area contributed by atoms with E-state index in [1.54, 1.807) is 19.2 Å². The van der Waals surface area contributed by atoms with E-state index in [0.717, 1.165) is 11.1 Å². The molecule has 3 aromatic carbocycles. The number of rotatable bonds is 13. The molecule has 0 heterocycles. The molecule has 9 nitrogen and oxygen atoms in total. The van der Waals surface area contributed by atoms with Gasteiger partial charge in [0.2, 0.25) is 15.9 Å². The van der Waals surface area contributed by atoms with Crippen molar-refractivity contribution in [3.63, 3.8) is 0 Å². The summed E-state index contributed by atoms with van der Waals surface area (Å²) in [7, 11) is 1.95. The average molecular weight is 543 g/mol. The van der Waals surface area contributed by atoms with Crippen molar-refractivity contribution in [1.29, 1.82) is 0 Å². The molecule has 1 unspecified atom stereocenters. The molecule has 38 heavy (non-hydrogen) atoms. The van der Waals surface area contributed by atoms with Gasteiger partial charge in [0.1, 0.15) is 0 Å². The monoisotopic (exact) mass is 542 g/mol. The summed E-state index contributed by atoms with van der Waals surface area (Å²) in [5.74, 6) is 1.35. The van der Waals surface area contributed by atoms with Gasteiger partial charge in [0.25, 0.3) is 0 Å². The van der Waals surface area contributed by atoms with E-state index in [2.05, 4.69) is 5.32 Å². The van der Waals surface area contributed by atoms with E-state index in [4.69, 9.17) is 18.9 Å². The molecule has 0 spiro atoms. The molecule has 204 valence electrons. The second kappa shape index (κ2) is 13.2. The predicted octanol–water partition coefficient (Wildman–Crippen LogP) is 3.83. The highest BCUT2D eigenvalue weighted by atomic mass is 32.2. The molecule has 0 fully saturated rings. The minimum atomic E-state index is -4.04. The topological polar surface area (TPSA) is 103 Å². The predicted molar refractivity (Wildman–Crippen MR) is 145 cm³/mol. The molecule has 0 aliphatic heterocycles. The van der Waals surface area contributed by atoms with Crippen molar-refractivity contribution in [2.75, 3.05) is 41.5 Å². The number of sulfonamides is 1. The third-order valence-corrected chi connectivity index (χ3v) is 7.93. The van der Waals surface area contributed by atoms with Crippen LogP contribution in [0.1, 0.15) is 24.1 Å². The lowest BCUT2D eigenvalue weighted by atomic mass is 10.1. The fraction of sp³-hybridized carbons (Fsp3) is 0.321. The zero-order valence-corrected chi connectivity index (χ0v) is 23.1. The van der Waals surface area contributed by atoms with E-state index in [1.165, 1.54) is 43.8 Å². The quantitative estimate of drug-likeness (QED) is 0.350. The molecule has 3 aromatic rings. The van der Waals surface area contributed by atoms with Gasteiger partial charge in [0, 0.05) is 12.6 Å². The molecule has 10 heteroatoms. The van der Waals surface area contributed by atoms with E-state index in [-0.39, 0.29) is 23.7 Å². The molecule has 0 saturated heterocycles. The molecule has 1 amide bonds. The van der Waals surface area contributed by atoms with E-state index >= 15 is 0 Å². The van der Waals surface area contributed by atoms with Crippen LogP contribution in [0.15, 0.2) is 71.6 Å². The van der Waals surface area contributed by atoms with Crippen LogP contribution in [-0.2, 0) is 21.2 Å². The Morgan fingerprint density at radius 1 is 0.816 bits per heavy atom.